The van der Waals surface area contributed by atoms with E-state index in [2.05, 4.69) is 14.4 Å². The number of nitrogens with zero attached hydrogens (tertiary/aromatic N) is 1. The monoisotopic (exact) mass is 316 g/mol. The van der Waals surface area contributed by atoms with Crippen molar-refractivity contribution in [3.63, 3.8) is 0 Å². The first-order chi connectivity index (χ1) is 9.77. The molecule has 0 spiro atoms. The number of pyridine rings is 1. The summed E-state index contributed by atoms with van der Waals surface area (Å²) in [6.45, 7) is 1.49. The van der Waals surface area contributed by atoms with Crippen molar-refractivity contribution >= 4 is 22.0 Å². The highest BCUT2D eigenvalue weighted by Crippen LogP contribution is 2.12. The van der Waals surface area contributed by atoms with E-state index < -0.39 is 22.0 Å². The van der Waals surface area contributed by atoms with Crippen LogP contribution in [0.3, 0.4) is 0 Å². The van der Waals surface area contributed by atoms with Crippen molar-refractivity contribution in [2.24, 2.45) is 0 Å². The highest BCUT2D eigenvalue weighted by atomic mass is 32.2. The van der Waals surface area contributed by atoms with Gasteiger partial charge >= 0.3 is 11.9 Å². The van der Waals surface area contributed by atoms with Crippen LogP contribution in [0.25, 0.3) is 0 Å². The fraction of sp³-hybridized carbons (Fsp3) is 0.417. The molecule has 0 saturated heterocycles. The van der Waals surface area contributed by atoms with Crippen LogP contribution >= 0.6 is 0 Å². The number of rotatable bonds is 7. The molecule has 0 radical (unpaired) electrons. The molecular weight excluding hydrogens is 300 g/mol. The molecule has 1 aromatic rings. The summed E-state index contributed by atoms with van der Waals surface area (Å²) in [5.74, 6) is -1.59. The summed E-state index contributed by atoms with van der Waals surface area (Å²) in [6, 6.07) is 2.51. The molecule has 0 aliphatic carbocycles. The summed E-state index contributed by atoms with van der Waals surface area (Å²) in [4.78, 5) is 25.6. The molecule has 116 valence electrons. The van der Waals surface area contributed by atoms with Crippen molar-refractivity contribution in [2.45, 2.75) is 24.8 Å². The molecule has 0 aliphatic heterocycles. The van der Waals surface area contributed by atoms with Gasteiger partial charge in [0, 0.05) is 13.0 Å². The maximum atomic E-state index is 11.9. The Kier molecular flexibility index (Phi) is 5.79. The quantitative estimate of drug-likeness (QED) is 0.548. The minimum atomic E-state index is -3.84. The van der Waals surface area contributed by atoms with Crippen LogP contribution in [-0.4, -0.2) is 44.1 Å². The van der Waals surface area contributed by atoms with Gasteiger partial charge in [-0.2, -0.15) is 0 Å². The number of carbonyl (C=O) groups is 2. The van der Waals surface area contributed by atoms with Gasteiger partial charge in [0.2, 0.25) is 0 Å². The van der Waals surface area contributed by atoms with Crippen LogP contribution in [0, 0.1) is 6.92 Å². The van der Waals surface area contributed by atoms with Gasteiger partial charge in [0.25, 0.3) is 10.0 Å². The Morgan fingerprint density at radius 2 is 2.05 bits per heavy atom. The summed E-state index contributed by atoms with van der Waals surface area (Å²) >= 11 is 0. The van der Waals surface area contributed by atoms with Gasteiger partial charge < -0.3 is 9.84 Å². The number of carboxylic acid groups (broad SMARTS) is 1. The number of aliphatic carboxylic acids is 1. The number of nitrogens with one attached hydrogen (secondary N) is 1. The van der Waals surface area contributed by atoms with Gasteiger partial charge in [-0.05, 0) is 25.5 Å². The van der Waals surface area contributed by atoms with Gasteiger partial charge in [-0.15, -0.1) is 0 Å². The summed E-state index contributed by atoms with van der Waals surface area (Å²) < 4.78 is 30.7. The molecule has 0 amide bonds. The third-order valence-corrected chi connectivity index (χ3v) is 3.96. The van der Waals surface area contributed by atoms with Gasteiger partial charge in [0.05, 0.1) is 18.4 Å². The summed E-state index contributed by atoms with van der Waals surface area (Å²) in [5.41, 5.74) is 0.414. The van der Waals surface area contributed by atoms with Crippen molar-refractivity contribution in [1.29, 1.82) is 0 Å². The SMILES string of the molecule is COC(=O)c1ccc(S(=O)(=O)NCCCC(=O)O)nc1C. The zero-order valence-electron chi connectivity index (χ0n) is 11.6. The van der Waals surface area contributed by atoms with Crippen molar-refractivity contribution in [2.75, 3.05) is 13.7 Å². The number of carbonyl (C=O) groups excluding carboxylic acids is 1. The Labute approximate surface area is 122 Å². The number of ether oxygens (including phenoxy) is 1. The van der Waals surface area contributed by atoms with E-state index >= 15 is 0 Å². The second kappa shape index (κ2) is 7.14. The van der Waals surface area contributed by atoms with Gasteiger partial charge in [-0.3, -0.25) is 4.79 Å². The first kappa shape index (κ1) is 17.1. The number of aromatic nitrogens is 1. The minimum Gasteiger partial charge on any atom is -0.481 e. The Balaban J connectivity index is 2.82. The van der Waals surface area contributed by atoms with Crippen LogP contribution in [0.4, 0.5) is 0 Å². The second-order valence-electron chi connectivity index (χ2n) is 4.17. The fourth-order valence-electron chi connectivity index (χ4n) is 1.53. The van der Waals surface area contributed by atoms with E-state index in [1.165, 1.54) is 26.2 Å². The zero-order chi connectivity index (χ0) is 16.0. The average molecular weight is 316 g/mol. The van der Waals surface area contributed by atoms with Gasteiger partial charge in [-0.25, -0.2) is 22.9 Å². The normalized spacial score (nSPS) is 11.1. The number of hydrogen-bond donors (Lipinski definition) is 2. The standard InChI is InChI=1S/C12H16N2O6S/c1-8-9(12(17)20-2)5-6-10(14-8)21(18,19)13-7-3-4-11(15)16/h5-6,13H,3-4,7H2,1-2H3,(H,15,16). The first-order valence-corrected chi connectivity index (χ1v) is 7.53. The number of methoxy groups -OCH3 is 1. The third kappa shape index (κ3) is 4.80. The molecule has 21 heavy (non-hydrogen) atoms. The first-order valence-electron chi connectivity index (χ1n) is 6.05. The maximum Gasteiger partial charge on any atom is 0.339 e. The molecule has 0 atom stereocenters. The van der Waals surface area contributed by atoms with Crippen LogP contribution in [0.5, 0.6) is 0 Å². The highest BCUT2D eigenvalue weighted by molar-refractivity contribution is 7.89. The van der Waals surface area contributed by atoms with E-state index in [1.807, 2.05) is 0 Å². The molecule has 0 aliphatic rings. The van der Waals surface area contributed by atoms with Crippen molar-refractivity contribution in [3.05, 3.63) is 23.4 Å². The van der Waals surface area contributed by atoms with Gasteiger partial charge in [0.1, 0.15) is 0 Å². The molecule has 0 fully saturated rings. The van der Waals surface area contributed by atoms with Gasteiger partial charge in [0.15, 0.2) is 5.03 Å². The van der Waals surface area contributed by atoms with E-state index in [0.29, 0.717) is 0 Å². The highest BCUT2D eigenvalue weighted by Gasteiger charge is 2.18. The number of sulfonamides is 1. The lowest BCUT2D eigenvalue weighted by atomic mass is 10.2. The average Bonchev–Trinajstić information content (AvgIpc) is 2.42. The molecule has 0 unspecified atom stereocenters. The predicted molar refractivity (Wildman–Crippen MR) is 72.4 cm³/mol. The van der Waals surface area contributed by atoms with E-state index in [9.17, 15) is 18.0 Å². The second-order valence-corrected chi connectivity index (χ2v) is 5.88. The Bertz CT molecular complexity index is 641. The van der Waals surface area contributed by atoms with Crippen molar-refractivity contribution in [3.8, 4) is 0 Å². The summed E-state index contributed by atoms with van der Waals surface area (Å²) in [6.07, 6.45) is 0.0457. The van der Waals surface area contributed by atoms with Crippen LogP contribution in [0.2, 0.25) is 0 Å². The molecule has 8 nitrogen and oxygen atoms in total. The molecule has 1 rings (SSSR count). The topological polar surface area (TPSA) is 123 Å². The van der Waals surface area contributed by atoms with Crippen LogP contribution in [0.1, 0.15) is 28.9 Å². The predicted octanol–water partition coefficient (Wildman–Crippen LogP) is 0.320. The zero-order valence-corrected chi connectivity index (χ0v) is 12.4. The van der Waals surface area contributed by atoms with Crippen LogP contribution in [-0.2, 0) is 19.6 Å². The lowest BCUT2D eigenvalue weighted by molar-refractivity contribution is -0.137. The lowest BCUT2D eigenvalue weighted by Crippen LogP contribution is -2.26. The summed E-state index contributed by atoms with van der Waals surface area (Å²) in [7, 11) is -2.62. The van der Waals surface area contributed by atoms with E-state index in [4.69, 9.17) is 5.11 Å². The molecule has 1 heterocycles. The number of hydrogen-bond acceptors (Lipinski definition) is 6. The number of carboxylic acids is 1. The minimum absolute atomic E-state index is 0.00584. The van der Waals surface area contributed by atoms with Crippen molar-refractivity contribution < 1.29 is 27.9 Å². The Morgan fingerprint density at radius 3 is 2.57 bits per heavy atom. The van der Waals surface area contributed by atoms with Crippen LogP contribution < -0.4 is 4.72 Å². The number of aryl methyl sites for hydroxylation is 1. The largest absolute Gasteiger partial charge is 0.481 e. The molecule has 1 aromatic heterocycles. The van der Waals surface area contributed by atoms with Gasteiger partial charge in [-0.1, -0.05) is 0 Å². The Hall–Kier alpha value is -2.00. The molecule has 0 bridgehead atoms. The van der Waals surface area contributed by atoms with E-state index in [0.717, 1.165) is 0 Å². The fourth-order valence-corrected chi connectivity index (χ4v) is 2.60. The molecule has 0 aromatic carbocycles. The Morgan fingerprint density at radius 1 is 1.38 bits per heavy atom. The number of esters is 1. The van der Waals surface area contributed by atoms with E-state index in [-0.39, 0.29) is 35.7 Å². The smallest absolute Gasteiger partial charge is 0.339 e. The maximum absolute atomic E-state index is 11.9. The summed E-state index contributed by atoms with van der Waals surface area (Å²) in [5, 5.41) is 8.24. The van der Waals surface area contributed by atoms with E-state index in [1.54, 1.807) is 0 Å². The molecule has 2 N–H and O–H groups in total. The van der Waals surface area contributed by atoms with Crippen molar-refractivity contribution in [1.82, 2.24) is 9.71 Å². The molecule has 0 saturated carbocycles. The van der Waals surface area contributed by atoms with Crippen LogP contribution in [0.15, 0.2) is 17.2 Å². The third-order valence-electron chi connectivity index (χ3n) is 2.60. The lowest BCUT2D eigenvalue weighted by Gasteiger charge is -2.08. The molecule has 9 heteroatoms. The molecular formula is C12H16N2O6S.